The highest BCUT2D eigenvalue weighted by molar-refractivity contribution is 6.90. The number of hydrogen-bond donors (Lipinski definition) is 0. The Bertz CT molecular complexity index is 3830. The molecular formula is C70H58F2N2Si2. The zero-order valence-corrected chi connectivity index (χ0v) is 45.7. The minimum Gasteiger partial charge on any atom is -0.307 e. The quantitative estimate of drug-likeness (QED) is 0.0889. The molecule has 0 saturated heterocycles. The number of hydrogen-bond acceptors (Lipinski definition) is 2. The molecule has 0 N–H and O–H groups in total. The highest BCUT2D eigenvalue weighted by atomic mass is 28.3. The van der Waals surface area contributed by atoms with E-state index < -0.39 is 16.1 Å². The number of para-hydroxylation sites is 2. The van der Waals surface area contributed by atoms with Crippen molar-refractivity contribution in [3.8, 4) is 44.5 Å². The van der Waals surface area contributed by atoms with Crippen LogP contribution >= 0.6 is 0 Å². The van der Waals surface area contributed by atoms with Gasteiger partial charge in [0.05, 0.1) is 38.9 Å². The molecule has 370 valence electrons. The summed E-state index contributed by atoms with van der Waals surface area (Å²) in [5, 5.41) is 8.67. The predicted molar refractivity (Wildman–Crippen MR) is 327 cm³/mol. The Balaban J connectivity index is 1.17. The SMILES string of the molecule is C[Si](C)(C)c1ccccc1N(c1c(F)cc(-c2ccccc2)cc1-c1ccccc1)c1ccc2ccc3c(N(c4ccccc4[Si](C)(C)C)c4c(F)cc(-c5ccccc5)cc4-c4ccccc4)ccc4ccc1c2c43. The van der Waals surface area contributed by atoms with E-state index in [-0.39, 0.29) is 11.6 Å². The Kier molecular flexibility index (Phi) is 12.4. The fourth-order valence-corrected chi connectivity index (χ4v) is 14.5. The van der Waals surface area contributed by atoms with Gasteiger partial charge in [0.15, 0.2) is 0 Å². The minimum absolute atomic E-state index is 0.315. The maximum absolute atomic E-state index is 18.2. The summed E-state index contributed by atoms with van der Waals surface area (Å²) in [6, 6.07) is 83.0. The molecule has 0 spiro atoms. The first-order chi connectivity index (χ1) is 36.8. The standard InChI is InChI=1S/C70H58F2N2Si2/c1-75(2,3)65-33-21-19-31-63(65)73(69-57(49-27-15-9-16-28-49)43-53(45-59(69)71)47-23-11-7-12-24-47)61-41-37-51-36-40-56-62(42-38-52-35-39-55(61)67(51)68(52)56)74(64-32-20-22-34-66(64)76(4,5)6)70-58(50-29-17-10-18-30-50)44-54(46-60(70)72)48-25-13-8-14-26-48/h7-46H,1-6H3. The molecule has 76 heavy (non-hydrogen) atoms. The molecule has 0 fully saturated rings. The van der Waals surface area contributed by atoms with Crippen LogP contribution in [0.4, 0.5) is 42.9 Å². The Morgan fingerprint density at radius 1 is 0.289 bits per heavy atom. The van der Waals surface area contributed by atoms with Gasteiger partial charge in [-0.2, -0.15) is 0 Å². The molecule has 0 bridgehead atoms. The molecule has 12 aromatic rings. The molecule has 0 amide bonds. The van der Waals surface area contributed by atoms with Gasteiger partial charge in [-0.1, -0.05) is 233 Å². The Morgan fingerprint density at radius 2 is 0.605 bits per heavy atom. The third kappa shape index (κ3) is 8.67. The third-order valence-electron chi connectivity index (χ3n) is 15.0. The lowest BCUT2D eigenvalue weighted by Gasteiger charge is -2.35. The van der Waals surface area contributed by atoms with Crippen LogP contribution in [-0.4, -0.2) is 16.1 Å². The van der Waals surface area contributed by atoms with Crippen molar-refractivity contribution in [1.82, 2.24) is 0 Å². The van der Waals surface area contributed by atoms with E-state index in [2.05, 4.69) is 183 Å². The van der Waals surface area contributed by atoms with Crippen molar-refractivity contribution >= 4 is 93.0 Å². The van der Waals surface area contributed by atoms with Gasteiger partial charge in [-0.3, -0.25) is 0 Å². The van der Waals surface area contributed by atoms with Gasteiger partial charge in [-0.05, 0) is 114 Å². The zero-order valence-electron chi connectivity index (χ0n) is 43.7. The molecule has 0 heterocycles. The average Bonchev–Trinajstić information content (AvgIpc) is 3.53. The van der Waals surface area contributed by atoms with Crippen LogP contribution in [0.15, 0.2) is 243 Å². The molecule has 0 aliphatic heterocycles. The first kappa shape index (κ1) is 48.5. The fraction of sp³-hybridized carbons (Fsp3) is 0.0857. The maximum Gasteiger partial charge on any atom is 0.148 e. The summed E-state index contributed by atoms with van der Waals surface area (Å²) in [6.07, 6.45) is 0. The largest absolute Gasteiger partial charge is 0.307 e. The van der Waals surface area contributed by atoms with Crippen molar-refractivity contribution in [3.05, 3.63) is 254 Å². The topological polar surface area (TPSA) is 6.48 Å². The summed E-state index contributed by atoms with van der Waals surface area (Å²) in [7, 11) is -4.14. The summed E-state index contributed by atoms with van der Waals surface area (Å²) in [4.78, 5) is 4.41. The van der Waals surface area contributed by atoms with Crippen LogP contribution in [0.5, 0.6) is 0 Å². The molecule has 12 aromatic carbocycles. The van der Waals surface area contributed by atoms with Crippen LogP contribution in [0.3, 0.4) is 0 Å². The fourth-order valence-electron chi connectivity index (χ4n) is 11.4. The van der Waals surface area contributed by atoms with E-state index in [9.17, 15) is 0 Å². The number of nitrogens with zero attached hydrogens (tertiary/aromatic N) is 2. The van der Waals surface area contributed by atoms with E-state index >= 15 is 8.78 Å². The van der Waals surface area contributed by atoms with Crippen molar-refractivity contribution in [3.63, 3.8) is 0 Å². The maximum atomic E-state index is 18.2. The number of rotatable bonds is 12. The van der Waals surface area contributed by atoms with Gasteiger partial charge in [-0.25, -0.2) is 8.78 Å². The van der Waals surface area contributed by atoms with Gasteiger partial charge in [-0.15, -0.1) is 0 Å². The number of halogens is 2. The molecule has 0 unspecified atom stereocenters. The molecule has 0 aromatic heterocycles. The molecule has 0 aliphatic rings. The summed E-state index contributed by atoms with van der Waals surface area (Å²) in [6.45, 7) is 14.1. The lowest BCUT2D eigenvalue weighted by atomic mass is 9.90. The van der Waals surface area contributed by atoms with Gasteiger partial charge < -0.3 is 9.80 Å². The molecule has 12 rings (SSSR count). The van der Waals surface area contributed by atoms with E-state index in [0.29, 0.717) is 11.4 Å². The minimum atomic E-state index is -2.07. The number of benzene rings is 12. The average molecular weight is 1020 g/mol. The van der Waals surface area contributed by atoms with Crippen LogP contribution in [0.2, 0.25) is 39.3 Å². The highest BCUT2D eigenvalue weighted by Crippen LogP contribution is 2.52. The predicted octanol–water partition coefficient (Wildman–Crippen LogP) is 19.6. The monoisotopic (exact) mass is 1020 g/mol. The van der Waals surface area contributed by atoms with E-state index in [0.717, 1.165) is 99.6 Å². The van der Waals surface area contributed by atoms with Gasteiger partial charge >= 0.3 is 0 Å². The molecule has 0 atom stereocenters. The molecule has 2 nitrogen and oxygen atoms in total. The highest BCUT2D eigenvalue weighted by Gasteiger charge is 2.33. The second-order valence-corrected chi connectivity index (χ2v) is 32.0. The first-order valence-electron chi connectivity index (χ1n) is 26.2. The van der Waals surface area contributed by atoms with E-state index in [1.807, 2.05) is 97.1 Å². The van der Waals surface area contributed by atoms with Crippen molar-refractivity contribution < 1.29 is 8.78 Å². The summed E-state index contributed by atoms with van der Waals surface area (Å²) < 4.78 is 36.3. The van der Waals surface area contributed by atoms with Crippen LogP contribution < -0.4 is 20.2 Å². The number of anilines is 6. The zero-order chi connectivity index (χ0) is 52.3. The molecule has 0 saturated carbocycles. The van der Waals surface area contributed by atoms with Crippen LogP contribution in [0.1, 0.15) is 0 Å². The lowest BCUT2D eigenvalue weighted by molar-refractivity contribution is 0.629. The van der Waals surface area contributed by atoms with Gasteiger partial charge in [0.2, 0.25) is 0 Å². The summed E-state index contributed by atoms with van der Waals surface area (Å²) in [5.41, 5.74) is 11.6. The van der Waals surface area contributed by atoms with Crippen LogP contribution in [0, 0.1) is 11.6 Å². The molecule has 6 heteroatoms. The Labute approximate surface area is 447 Å². The second kappa shape index (κ2) is 19.4. The smallest absolute Gasteiger partial charge is 0.148 e. The second-order valence-electron chi connectivity index (χ2n) is 22.0. The first-order valence-corrected chi connectivity index (χ1v) is 33.2. The Morgan fingerprint density at radius 3 is 0.961 bits per heavy atom. The third-order valence-corrected chi connectivity index (χ3v) is 19.0. The summed E-state index contributed by atoms with van der Waals surface area (Å²) in [5.74, 6) is -0.630. The molecule has 0 radical (unpaired) electrons. The summed E-state index contributed by atoms with van der Waals surface area (Å²) >= 11 is 0. The van der Waals surface area contributed by atoms with Crippen molar-refractivity contribution in [2.45, 2.75) is 39.3 Å². The normalized spacial score (nSPS) is 11.9. The Hall–Kier alpha value is -8.43. The van der Waals surface area contributed by atoms with Gasteiger partial charge in [0.25, 0.3) is 0 Å². The van der Waals surface area contributed by atoms with Crippen LogP contribution in [-0.2, 0) is 0 Å². The molecular weight excluding hydrogens is 963 g/mol. The van der Waals surface area contributed by atoms with Crippen LogP contribution in [0.25, 0.3) is 76.8 Å². The van der Waals surface area contributed by atoms with Crippen molar-refractivity contribution in [1.29, 1.82) is 0 Å². The molecule has 0 aliphatic carbocycles. The van der Waals surface area contributed by atoms with E-state index in [1.165, 1.54) is 10.4 Å². The lowest BCUT2D eigenvalue weighted by Crippen LogP contribution is -2.40. The van der Waals surface area contributed by atoms with Crippen molar-refractivity contribution in [2.75, 3.05) is 9.80 Å². The van der Waals surface area contributed by atoms with Crippen molar-refractivity contribution in [2.24, 2.45) is 0 Å². The van der Waals surface area contributed by atoms with E-state index in [1.54, 1.807) is 12.1 Å². The van der Waals surface area contributed by atoms with Gasteiger partial charge in [0.1, 0.15) is 11.6 Å². The van der Waals surface area contributed by atoms with Gasteiger partial charge in [0, 0.05) is 33.3 Å². The van der Waals surface area contributed by atoms with E-state index in [4.69, 9.17) is 0 Å².